The van der Waals surface area contributed by atoms with Crippen LogP contribution in [0.3, 0.4) is 0 Å². The molecule has 1 aliphatic carbocycles. The molecule has 2 nitrogen and oxygen atoms in total. The van der Waals surface area contributed by atoms with Gasteiger partial charge in [-0.25, -0.2) is 0 Å². The summed E-state index contributed by atoms with van der Waals surface area (Å²) in [5.74, 6) is 0.216. The van der Waals surface area contributed by atoms with Gasteiger partial charge in [0.25, 0.3) is 0 Å². The second-order valence-electron chi connectivity index (χ2n) is 9.67. The minimum Gasteiger partial charge on any atom is -0.481 e. The Labute approximate surface area is 147 Å². The SMILES string of the molecule is CC(C)(C)c1cc(CC2CCCC2CC(=O)O)cc(C(C)(C)C)c1. The van der Waals surface area contributed by atoms with Crippen LogP contribution in [0.25, 0.3) is 0 Å². The second kappa shape index (κ2) is 6.90. The van der Waals surface area contributed by atoms with Gasteiger partial charge in [-0.15, -0.1) is 0 Å². The molecule has 24 heavy (non-hydrogen) atoms. The Morgan fingerprint density at radius 3 is 1.92 bits per heavy atom. The Bertz CT molecular complexity index is 555. The van der Waals surface area contributed by atoms with E-state index in [1.165, 1.54) is 29.5 Å². The van der Waals surface area contributed by atoms with E-state index in [1.807, 2.05) is 0 Å². The van der Waals surface area contributed by atoms with E-state index in [1.54, 1.807) is 0 Å². The summed E-state index contributed by atoms with van der Waals surface area (Å²) in [5.41, 5.74) is 4.42. The molecule has 0 saturated heterocycles. The standard InChI is InChI=1S/C22H34O2/c1-21(2,3)18-11-15(12-19(14-18)22(4,5)6)10-16-8-7-9-17(16)13-20(23)24/h11-12,14,16-17H,7-10,13H2,1-6H3,(H,23,24). The van der Waals surface area contributed by atoms with Gasteiger partial charge < -0.3 is 5.11 Å². The van der Waals surface area contributed by atoms with E-state index in [0.717, 1.165) is 12.8 Å². The molecule has 1 aliphatic rings. The molecule has 0 bridgehead atoms. The van der Waals surface area contributed by atoms with E-state index >= 15 is 0 Å². The Kier molecular flexibility index (Phi) is 5.47. The molecule has 1 aromatic carbocycles. The smallest absolute Gasteiger partial charge is 0.303 e. The first kappa shape index (κ1) is 19.0. The zero-order chi connectivity index (χ0) is 18.1. The molecule has 0 aromatic heterocycles. The van der Waals surface area contributed by atoms with Crippen LogP contribution in [0.1, 0.15) is 83.9 Å². The van der Waals surface area contributed by atoms with Gasteiger partial charge in [0.05, 0.1) is 0 Å². The van der Waals surface area contributed by atoms with Crippen molar-refractivity contribution in [2.75, 3.05) is 0 Å². The summed E-state index contributed by atoms with van der Waals surface area (Å²) in [6, 6.07) is 7.06. The van der Waals surface area contributed by atoms with Gasteiger partial charge >= 0.3 is 5.97 Å². The lowest BCUT2D eigenvalue weighted by Crippen LogP contribution is -2.19. The molecule has 0 spiro atoms. The van der Waals surface area contributed by atoms with E-state index in [4.69, 9.17) is 5.11 Å². The maximum absolute atomic E-state index is 11.1. The van der Waals surface area contributed by atoms with E-state index in [0.29, 0.717) is 18.3 Å². The van der Waals surface area contributed by atoms with E-state index in [-0.39, 0.29) is 10.8 Å². The van der Waals surface area contributed by atoms with E-state index in [9.17, 15) is 4.79 Å². The molecule has 2 rings (SSSR count). The van der Waals surface area contributed by atoms with Crippen LogP contribution in [-0.2, 0) is 22.0 Å². The number of rotatable bonds is 4. The van der Waals surface area contributed by atoms with Crippen LogP contribution in [0.2, 0.25) is 0 Å². The monoisotopic (exact) mass is 330 g/mol. The number of aliphatic carboxylic acids is 1. The minimum absolute atomic E-state index is 0.131. The van der Waals surface area contributed by atoms with E-state index < -0.39 is 5.97 Å². The summed E-state index contributed by atoms with van der Waals surface area (Å²) >= 11 is 0. The number of carbonyl (C=O) groups is 1. The van der Waals surface area contributed by atoms with Gasteiger partial charge in [0, 0.05) is 6.42 Å². The lowest BCUT2D eigenvalue weighted by Gasteiger charge is -2.27. The molecular formula is C22H34O2. The van der Waals surface area contributed by atoms with Gasteiger partial charge in [-0.3, -0.25) is 4.79 Å². The molecule has 1 saturated carbocycles. The fourth-order valence-electron chi connectivity index (χ4n) is 3.85. The Morgan fingerprint density at radius 2 is 1.46 bits per heavy atom. The van der Waals surface area contributed by atoms with Crippen LogP contribution >= 0.6 is 0 Å². The molecular weight excluding hydrogens is 296 g/mol. The van der Waals surface area contributed by atoms with Crippen molar-refractivity contribution in [3.63, 3.8) is 0 Å². The average Bonchev–Trinajstić information content (AvgIpc) is 2.83. The van der Waals surface area contributed by atoms with Crippen molar-refractivity contribution < 1.29 is 9.90 Å². The maximum Gasteiger partial charge on any atom is 0.303 e. The molecule has 0 heterocycles. The zero-order valence-corrected chi connectivity index (χ0v) is 16.3. The van der Waals surface area contributed by atoms with Crippen molar-refractivity contribution in [1.29, 1.82) is 0 Å². The summed E-state index contributed by atoms with van der Waals surface area (Å²) in [6.45, 7) is 13.6. The number of carboxylic acids is 1. The first-order valence-electron chi connectivity index (χ1n) is 9.33. The summed E-state index contributed by atoms with van der Waals surface area (Å²) in [4.78, 5) is 11.1. The average molecular weight is 331 g/mol. The van der Waals surface area contributed by atoms with Crippen molar-refractivity contribution in [2.45, 2.75) is 84.5 Å². The third kappa shape index (κ3) is 4.84. The fourth-order valence-corrected chi connectivity index (χ4v) is 3.85. The Morgan fingerprint density at radius 1 is 0.958 bits per heavy atom. The van der Waals surface area contributed by atoms with Crippen molar-refractivity contribution >= 4 is 5.97 Å². The molecule has 0 aliphatic heterocycles. The number of benzene rings is 1. The maximum atomic E-state index is 11.1. The first-order chi connectivity index (χ1) is 11.0. The predicted molar refractivity (Wildman–Crippen MR) is 101 cm³/mol. The zero-order valence-electron chi connectivity index (χ0n) is 16.3. The normalized spacial score (nSPS) is 21.9. The highest BCUT2D eigenvalue weighted by atomic mass is 16.4. The summed E-state index contributed by atoms with van der Waals surface area (Å²) < 4.78 is 0. The Balaban J connectivity index is 2.30. The summed E-state index contributed by atoms with van der Waals surface area (Å²) in [5, 5.41) is 9.16. The molecule has 0 radical (unpaired) electrons. The highest BCUT2D eigenvalue weighted by molar-refractivity contribution is 5.67. The van der Waals surface area contributed by atoms with Crippen LogP contribution in [0.4, 0.5) is 0 Å². The summed E-state index contributed by atoms with van der Waals surface area (Å²) in [7, 11) is 0. The van der Waals surface area contributed by atoms with E-state index in [2.05, 4.69) is 59.7 Å². The first-order valence-corrected chi connectivity index (χ1v) is 9.33. The largest absolute Gasteiger partial charge is 0.481 e. The van der Waals surface area contributed by atoms with Crippen LogP contribution < -0.4 is 0 Å². The van der Waals surface area contributed by atoms with Gasteiger partial charge in [-0.05, 0) is 58.6 Å². The molecule has 2 heteroatoms. The summed E-state index contributed by atoms with van der Waals surface area (Å²) in [6.07, 6.45) is 4.76. The molecule has 134 valence electrons. The number of hydrogen-bond donors (Lipinski definition) is 1. The van der Waals surface area contributed by atoms with Gasteiger partial charge in [0.15, 0.2) is 0 Å². The molecule has 1 aromatic rings. The van der Waals surface area contributed by atoms with Gasteiger partial charge in [-0.1, -0.05) is 66.2 Å². The van der Waals surface area contributed by atoms with Crippen molar-refractivity contribution in [1.82, 2.24) is 0 Å². The van der Waals surface area contributed by atoms with Crippen molar-refractivity contribution in [2.24, 2.45) is 11.8 Å². The molecule has 2 unspecified atom stereocenters. The van der Waals surface area contributed by atoms with Gasteiger partial charge in [0.1, 0.15) is 0 Å². The molecule has 1 N–H and O–H groups in total. The third-order valence-corrected chi connectivity index (χ3v) is 5.48. The third-order valence-electron chi connectivity index (χ3n) is 5.48. The Hall–Kier alpha value is -1.31. The predicted octanol–water partition coefficient (Wildman–Crippen LogP) is 5.72. The van der Waals surface area contributed by atoms with Gasteiger partial charge in [0.2, 0.25) is 0 Å². The number of hydrogen-bond acceptors (Lipinski definition) is 1. The highest BCUT2D eigenvalue weighted by Crippen LogP contribution is 2.38. The van der Waals surface area contributed by atoms with Crippen LogP contribution in [0.5, 0.6) is 0 Å². The van der Waals surface area contributed by atoms with Crippen molar-refractivity contribution in [3.8, 4) is 0 Å². The number of carboxylic acid groups (broad SMARTS) is 1. The second-order valence-corrected chi connectivity index (χ2v) is 9.67. The van der Waals surface area contributed by atoms with Crippen LogP contribution in [0.15, 0.2) is 18.2 Å². The molecule has 1 fully saturated rings. The molecule has 2 atom stereocenters. The van der Waals surface area contributed by atoms with Crippen molar-refractivity contribution in [3.05, 3.63) is 34.9 Å². The lowest BCUT2D eigenvalue weighted by atomic mass is 9.78. The fraction of sp³-hybridized carbons (Fsp3) is 0.682. The highest BCUT2D eigenvalue weighted by Gasteiger charge is 2.30. The van der Waals surface area contributed by atoms with Crippen LogP contribution in [0, 0.1) is 11.8 Å². The minimum atomic E-state index is -0.647. The van der Waals surface area contributed by atoms with Gasteiger partial charge in [-0.2, -0.15) is 0 Å². The lowest BCUT2D eigenvalue weighted by molar-refractivity contribution is -0.138. The topological polar surface area (TPSA) is 37.3 Å². The van der Waals surface area contributed by atoms with Crippen LogP contribution in [-0.4, -0.2) is 11.1 Å². The quantitative estimate of drug-likeness (QED) is 0.767. The molecule has 0 amide bonds.